The summed E-state index contributed by atoms with van der Waals surface area (Å²) < 4.78 is 5.14. The van der Waals surface area contributed by atoms with Crippen LogP contribution in [0.25, 0.3) is 0 Å². The highest BCUT2D eigenvalue weighted by Gasteiger charge is 2.46. The Morgan fingerprint density at radius 2 is 2.38 bits per heavy atom. The molecule has 0 aromatic heterocycles. The van der Waals surface area contributed by atoms with E-state index in [-0.39, 0.29) is 5.91 Å². The Morgan fingerprint density at radius 3 is 2.77 bits per heavy atom. The van der Waals surface area contributed by atoms with Gasteiger partial charge in [-0.25, -0.2) is 0 Å². The zero-order chi connectivity index (χ0) is 9.73. The molecule has 1 fully saturated rings. The number of methoxy groups -OCH3 is 1. The predicted molar refractivity (Wildman–Crippen MR) is 50.3 cm³/mol. The summed E-state index contributed by atoms with van der Waals surface area (Å²) in [5, 5.41) is 5.80. The van der Waals surface area contributed by atoms with Gasteiger partial charge in [0, 0.05) is 7.11 Å². The zero-order valence-corrected chi connectivity index (χ0v) is 8.35. The second-order valence-corrected chi connectivity index (χ2v) is 3.35. The van der Waals surface area contributed by atoms with Crippen molar-refractivity contribution in [2.75, 3.05) is 20.2 Å². The van der Waals surface area contributed by atoms with Gasteiger partial charge in [0.1, 0.15) is 0 Å². The van der Waals surface area contributed by atoms with Gasteiger partial charge in [0.25, 0.3) is 5.91 Å². The van der Waals surface area contributed by atoms with Crippen molar-refractivity contribution >= 4 is 5.91 Å². The number of unbranched alkanes of at least 4 members (excludes halogenated alkanes) is 2. The third-order valence-electron chi connectivity index (χ3n) is 2.40. The summed E-state index contributed by atoms with van der Waals surface area (Å²) in [5.41, 5.74) is -0.728. The van der Waals surface area contributed by atoms with Crippen molar-refractivity contribution in [3.05, 3.63) is 0 Å². The average Bonchev–Trinajstić information content (AvgIpc) is 2.16. The van der Waals surface area contributed by atoms with E-state index in [1.807, 2.05) is 0 Å². The summed E-state index contributed by atoms with van der Waals surface area (Å²) in [6.45, 7) is 3.58. The molecule has 0 saturated carbocycles. The van der Waals surface area contributed by atoms with Gasteiger partial charge in [-0.15, -0.1) is 0 Å². The van der Waals surface area contributed by atoms with E-state index in [0.717, 1.165) is 13.0 Å². The zero-order valence-electron chi connectivity index (χ0n) is 8.35. The van der Waals surface area contributed by atoms with Crippen molar-refractivity contribution in [1.82, 2.24) is 10.6 Å². The Balaban J connectivity index is 2.21. The summed E-state index contributed by atoms with van der Waals surface area (Å²) in [7, 11) is 1.56. The van der Waals surface area contributed by atoms with E-state index in [1.165, 1.54) is 12.8 Å². The molecule has 4 nitrogen and oxygen atoms in total. The smallest absolute Gasteiger partial charge is 0.269 e. The number of hydrogen-bond acceptors (Lipinski definition) is 3. The number of amides is 1. The molecular weight excluding hydrogens is 168 g/mol. The Labute approximate surface area is 79.0 Å². The van der Waals surface area contributed by atoms with E-state index < -0.39 is 5.72 Å². The molecule has 0 radical (unpaired) electrons. The van der Waals surface area contributed by atoms with Crippen LogP contribution in [0.5, 0.6) is 0 Å². The number of β-lactam (4-membered cyclic amide) rings is 1. The quantitative estimate of drug-likeness (QED) is 0.355. The largest absolute Gasteiger partial charge is 0.353 e. The standard InChI is InChI=1S/C9H18N2O2/c1-3-4-5-6-11-9(13-2)7-10-8(9)12/h11H,3-7H2,1-2H3,(H,10,12). The fourth-order valence-corrected chi connectivity index (χ4v) is 1.37. The number of rotatable bonds is 6. The van der Waals surface area contributed by atoms with Gasteiger partial charge >= 0.3 is 0 Å². The van der Waals surface area contributed by atoms with Crippen LogP contribution >= 0.6 is 0 Å². The molecule has 1 aliphatic heterocycles. The van der Waals surface area contributed by atoms with Crippen LogP contribution in [-0.4, -0.2) is 31.8 Å². The average molecular weight is 186 g/mol. The summed E-state index contributed by atoms with van der Waals surface area (Å²) >= 11 is 0. The van der Waals surface area contributed by atoms with Crippen molar-refractivity contribution in [2.24, 2.45) is 0 Å². The first-order chi connectivity index (χ1) is 6.25. The van der Waals surface area contributed by atoms with E-state index in [0.29, 0.717) is 6.54 Å². The summed E-state index contributed by atoms with van der Waals surface area (Å²) in [4.78, 5) is 11.1. The van der Waals surface area contributed by atoms with Gasteiger partial charge in [-0.05, 0) is 13.0 Å². The maximum absolute atomic E-state index is 11.1. The third kappa shape index (κ3) is 2.19. The summed E-state index contributed by atoms with van der Waals surface area (Å²) in [5.74, 6) is -0.0495. The van der Waals surface area contributed by atoms with Crippen molar-refractivity contribution in [1.29, 1.82) is 0 Å². The molecule has 0 aromatic carbocycles. The van der Waals surface area contributed by atoms with Crippen LogP contribution in [-0.2, 0) is 9.53 Å². The maximum atomic E-state index is 11.1. The van der Waals surface area contributed by atoms with Crippen LogP contribution in [0, 0.1) is 0 Å². The lowest BCUT2D eigenvalue weighted by Crippen LogP contribution is -2.73. The predicted octanol–water partition coefficient (Wildman–Crippen LogP) is 0.239. The summed E-state index contributed by atoms with van der Waals surface area (Å²) in [6, 6.07) is 0. The van der Waals surface area contributed by atoms with Crippen LogP contribution in [0.1, 0.15) is 26.2 Å². The van der Waals surface area contributed by atoms with Crippen LogP contribution in [0.2, 0.25) is 0 Å². The topological polar surface area (TPSA) is 50.4 Å². The Hall–Kier alpha value is -0.610. The van der Waals surface area contributed by atoms with Gasteiger partial charge in [0.15, 0.2) is 0 Å². The fraction of sp³-hybridized carbons (Fsp3) is 0.889. The molecule has 1 amide bonds. The highest BCUT2D eigenvalue weighted by molar-refractivity contribution is 5.90. The second kappa shape index (κ2) is 4.58. The lowest BCUT2D eigenvalue weighted by molar-refractivity contribution is -0.162. The minimum absolute atomic E-state index is 0.0495. The Morgan fingerprint density at radius 1 is 1.62 bits per heavy atom. The van der Waals surface area contributed by atoms with Crippen LogP contribution in [0.4, 0.5) is 0 Å². The Kier molecular flexibility index (Phi) is 3.69. The first kappa shape index (κ1) is 10.5. The molecular formula is C9H18N2O2. The highest BCUT2D eigenvalue weighted by Crippen LogP contribution is 2.13. The van der Waals surface area contributed by atoms with Crippen molar-refractivity contribution < 1.29 is 9.53 Å². The number of nitrogens with one attached hydrogen (secondary N) is 2. The molecule has 1 rings (SSSR count). The molecule has 0 spiro atoms. The third-order valence-corrected chi connectivity index (χ3v) is 2.40. The molecule has 1 saturated heterocycles. The number of ether oxygens (including phenoxy) is 1. The SMILES string of the molecule is CCCCCNC1(OC)CNC1=O. The maximum Gasteiger partial charge on any atom is 0.269 e. The van der Waals surface area contributed by atoms with Crippen molar-refractivity contribution in [2.45, 2.75) is 31.9 Å². The van der Waals surface area contributed by atoms with Gasteiger partial charge in [-0.2, -0.15) is 0 Å². The highest BCUT2D eigenvalue weighted by atomic mass is 16.5. The monoisotopic (exact) mass is 186 g/mol. The minimum atomic E-state index is -0.728. The van der Waals surface area contributed by atoms with Crippen LogP contribution in [0.15, 0.2) is 0 Å². The van der Waals surface area contributed by atoms with Crippen molar-refractivity contribution in [3.63, 3.8) is 0 Å². The van der Waals surface area contributed by atoms with Gasteiger partial charge in [-0.1, -0.05) is 19.8 Å². The van der Waals surface area contributed by atoms with Gasteiger partial charge < -0.3 is 10.1 Å². The van der Waals surface area contributed by atoms with Gasteiger partial charge in [-0.3, -0.25) is 10.1 Å². The molecule has 13 heavy (non-hydrogen) atoms. The van der Waals surface area contributed by atoms with E-state index in [2.05, 4.69) is 17.6 Å². The molecule has 0 bridgehead atoms. The minimum Gasteiger partial charge on any atom is -0.353 e. The number of carbonyl (C=O) groups excluding carboxylic acids is 1. The molecule has 1 atom stereocenters. The van der Waals surface area contributed by atoms with E-state index in [9.17, 15) is 4.79 Å². The lowest BCUT2D eigenvalue weighted by atomic mass is 10.1. The molecule has 4 heteroatoms. The summed E-state index contributed by atoms with van der Waals surface area (Å²) in [6.07, 6.45) is 3.47. The molecule has 1 unspecified atom stereocenters. The van der Waals surface area contributed by atoms with Crippen molar-refractivity contribution in [3.8, 4) is 0 Å². The number of carbonyl (C=O) groups is 1. The first-order valence-electron chi connectivity index (χ1n) is 4.83. The molecule has 0 aliphatic carbocycles. The molecule has 1 aliphatic rings. The van der Waals surface area contributed by atoms with E-state index >= 15 is 0 Å². The van der Waals surface area contributed by atoms with Gasteiger partial charge in [0.05, 0.1) is 6.54 Å². The van der Waals surface area contributed by atoms with Crippen LogP contribution < -0.4 is 10.6 Å². The normalized spacial score (nSPS) is 26.8. The van der Waals surface area contributed by atoms with Gasteiger partial charge in [0.2, 0.25) is 5.72 Å². The molecule has 2 N–H and O–H groups in total. The van der Waals surface area contributed by atoms with E-state index in [1.54, 1.807) is 7.11 Å². The fourth-order valence-electron chi connectivity index (χ4n) is 1.37. The first-order valence-corrected chi connectivity index (χ1v) is 4.83. The van der Waals surface area contributed by atoms with Crippen LogP contribution in [0.3, 0.4) is 0 Å². The Bertz CT molecular complexity index is 180. The second-order valence-electron chi connectivity index (χ2n) is 3.35. The number of hydrogen-bond donors (Lipinski definition) is 2. The molecule has 76 valence electrons. The van der Waals surface area contributed by atoms with E-state index in [4.69, 9.17) is 4.74 Å². The lowest BCUT2D eigenvalue weighted by Gasteiger charge is -2.39. The molecule has 1 heterocycles. The molecule has 0 aromatic rings.